The second-order valence-electron chi connectivity index (χ2n) is 6.82. The Balaban J connectivity index is 0.00000320. The standard InChI is InChI=1S/C22H28N6O.HI/c1-17-7-8-18(12-21(17)29-3)9-10-25-22(23-2)26-13-19-5-4-6-20(11-19)14-28-16-24-15-27-28;/h4-8,11-12,15-16H,9-10,13-14H2,1-3H3,(H2,23,25,26);1H. The van der Waals surface area contributed by atoms with Gasteiger partial charge in [0.2, 0.25) is 0 Å². The van der Waals surface area contributed by atoms with Crippen LogP contribution in [-0.4, -0.2) is 41.4 Å². The van der Waals surface area contributed by atoms with Gasteiger partial charge in [0, 0.05) is 20.1 Å². The molecule has 3 aromatic rings. The van der Waals surface area contributed by atoms with E-state index in [-0.39, 0.29) is 24.0 Å². The highest BCUT2D eigenvalue weighted by Crippen LogP contribution is 2.19. The van der Waals surface area contributed by atoms with Crippen LogP contribution in [0.15, 0.2) is 60.1 Å². The van der Waals surface area contributed by atoms with Crippen LogP contribution in [0.4, 0.5) is 0 Å². The maximum Gasteiger partial charge on any atom is 0.191 e. The van der Waals surface area contributed by atoms with Crippen LogP contribution in [0.1, 0.15) is 22.3 Å². The molecule has 0 aliphatic carbocycles. The highest BCUT2D eigenvalue weighted by molar-refractivity contribution is 14.0. The summed E-state index contributed by atoms with van der Waals surface area (Å²) in [5.74, 6) is 1.71. The average Bonchev–Trinajstić information content (AvgIpc) is 3.25. The van der Waals surface area contributed by atoms with Gasteiger partial charge >= 0.3 is 0 Å². The van der Waals surface area contributed by atoms with E-state index < -0.39 is 0 Å². The minimum Gasteiger partial charge on any atom is -0.496 e. The first-order valence-corrected chi connectivity index (χ1v) is 9.66. The molecule has 0 saturated heterocycles. The monoisotopic (exact) mass is 520 g/mol. The number of nitrogens with zero attached hydrogens (tertiary/aromatic N) is 4. The first kappa shape index (κ1) is 23.7. The first-order chi connectivity index (χ1) is 14.2. The van der Waals surface area contributed by atoms with Crippen molar-refractivity contribution in [3.63, 3.8) is 0 Å². The number of benzene rings is 2. The van der Waals surface area contributed by atoms with E-state index in [1.54, 1.807) is 26.8 Å². The number of halogens is 1. The van der Waals surface area contributed by atoms with Gasteiger partial charge in [-0.05, 0) is 41.7 Å². The Morgan fingerprint density at radius 3 is 2.67 bits per heavy atom. The number of hydrogen-bond donors (Lipinski definition) is 2. The molecule has 3 rings (SSSR count). The zero-order valence-electron chi connectivity index (χ0n) is 17.6. The van der Waals surface area contributed by atoms with Crippen molar-refractivity contribution in [3.05, 3.63) is 77.4 Å². The van der Waals surface area contributed by atoms with E-state index in [0.29, 0.717) is 13.1 Å². The third-order valence-corrected chi connectivity index (χ3v) is 4.66. The summed E-state index contributed by atoms with van der Waals surface area (Å²) < 4.78 is 7.21. The Hall–Kier alpha value is -2.62. The molecule has 8 heteroatoms. The van der Waals surface area contributed by atoms with Crippen molar-refractivity contribution < 1.29 is 4.74 Å². The molecule has 160 valence electrons. The van der Waals surface area contributed by atoms with Gasteiger partial charge in [0.05, 0.1) is 13.7 Å². The van der Waals surface area contributed by atoms with Gasteiger partial charge in [-0.25, -0.2) is 9.67 Å². The molecular formula is C22H29IN6O. The molecule has 0 fully saturated rings. The molecule has 0 spiro atoms. The van der Waals surface area contributed by atoms with E-state index in [1.165, 1.54) is 16.7 Å². The molecule has 0 amide bonds. The number of methoxy groups -OCH3 is 1. The van der Waals surface area contributed by atoms with Gasteiger partial charge < -0.3 is 15.4 Å². The quantitative estimate of drug-likeness (QED) is 0.271. The minimum absolute atomic E-state index is 0. The molecule has 0 radical (unpaired) electrons. The summed E-state index contributed by atoms with van der Waals surface area (Å²) in [6.45, 7) is 4.25. The second-order valence-corrected chi connectivity index (χ2v) is 6.82. The van der Waals surface area contributed by atoms with Crippen molar-refractivity contribution in [2.45, 2.75) is 26.4 Å². The van der Waals surface area contributed by atoms with Crippen LogP contribution in [0.2, 0.25) is 0 Å². The van der Waals surface area contributed by atoms with E-state index in [4.69, 9.17) is 4.74 Å². The third-order valence-electron chi connectivity index (χ3n) is 4.66. The number of ether oxygens (including phenoxy) is 1. The van der Waals surface area contributed by atoms with Crippen molar-refractivity contribution in [1.82, 2.24) is 25.4 Å². The average molecular weight is 520 g/mol. The number of aliphatic imine (C=N–C) groups is 1. The van der Waals surface area contributed by atoms with Gasteiger partial charge in [-0.15, -0.1) is 24.0 Å². The number of rotatable bonds is 8. The molecule has 2 N–H and O–H groups in total. The summed E-state index contributed by atoms with van der Waals surface area (Å²) in [5, 5.41) is 10.9. The van der Waals surface area contributed by atoms with Gasteiger partial charge in [-0.2, -0.15) is 5.10 Å². The molecule has 7 nitrogen and oxygen atoms in total. The van der Waals surface area contributed by atoms with E-state index in [9.17, 15) is 0 Å². The fourth-order valence-corrected chi connectivity index (χ4v) is 3.09. The number of nitrogens with one attached hydrogen (secondary N) is 2. The molecule has 0 aliphatic rings. The smallest absolute Gasteiger partial charge is 0.191 e. The minimum atomic E-state index is 0. The second kappa shape index (κ2) is 12.2. The lowest BCUT2D eigenvalue weighted by Crippen LogP contribution is -2.37. The van der Waals surface area contributed by atoms with E-state index >= 15 is 0 Å². The molecule has 1 heterocycles. The topological polar surface area (TPSA) is 76.4 Å². The number of aryl methyl sites for hydroxylation is 1. The van der Waals surface area contributed by atoms with Gasteiger partial charge in [0.15, 0.2) is 5.96 Å². The van der Waals surface area contributed by atoms with Crippen LogP contribution in [0.3, 0.4) is 0 Å². The molecule has 1 aromatic heterocycles. The molecule has 0 saturated carbocycles. The van der Waals surface area contributed by atoms with Crippen LogP contribution in [0.5, 0.6) is 5.75 Å². The van der Waals surface area contributed by atoms with Crippen molar-refractivity contribution in [2.75, 3.05) is 20.7 Å². The Labute approximate surface area is 195 Å². The lowest BCUT2D eigenvalue weighted by atomic mass is 10.1. The first-order valence-electron chi connectivity index (χ1n) is 9.66. The lowest BCUT2D eigenvalue weighted by Gasteiger charge is -2.13. The fourth-order valence-electron chi connectivity index (χ4n) is 3.09. The van der Waals surface area contributed by atoms with Crippen molar-refractivity contribution in [1.29, 1.82) is 0 Å². The highest BCUT2D eigenvalue weighted by atomic mass is 127. The van der Waals surface area contributed by atoms with E-state index in [2.05, 4.69) is 68.2 Å². The van der Waals surface area contributed by atoms with E-state index in [1.807, 2.05) is 11.6 Å². The van der Waals surface area contributed by atoms with Crippen LogP contribution < -0.4 is 15.4 Å². The maximum absolute atomic E-state index is 5.40. The molecule has 2 aromatic carbocycles. The predicted molar refractivity (Wildman–Crippen MR) is 131 cm³/mol. The number of guanidine groups is 1. The Morgan fingerprint density at radius 2 is 1.93 bits per heavy atom. The molecular weight excluding hydrogens is 491 g/mol. The summed E-state index contributed by atoms with van der Waals surface area (Å²) in [6, 6.07) is 14.7. The number of hydrogen-bond acceptors (Lipinski definition) is 4. The summed E-state index contributed by atoms with van der Waals surface area (Å²) >= 11 is 0. The lowest BCUT2D eigenvalue weighted by molar-refractivity contribution is 0.411. The predicted octanol–water partition coefficient (Wildman–Crippen LogP) is 3.17. The fraction of sp³-hybridized carbons (Fsp3) is 0.318. The Morgan fingerprint density at radius 1 is 1.10 bits per heavy atom. The van der Waals surface area contributed by atoms with Crippen molar-refractivity contribution in [3.8, 4) is 5.75 Å². The zero-order valence-corrected chi connectivity index (χ0v) is 20.0. The molecule has 0 aliphatic heterocycles. The summed E-state index contributed by atoms with van der Waals surface area (Å²) in [5.41, 5.74) is 4.75. The largest absolute Gasteiger partial charge is 0.496 e. The highest BCUT2D eigenvalue weighted by Gasteiger charge is 2.03. The van der Waals surface area contributed by atoms with Crippen LogP contribution in [0.25, 0.3) is 0 Å². The van der Waals surface area contributed by atoms with Gasteiger partial charge in [-0.1, -0.05) is 36.4 Å². The summed E-state index contributed by atoms with van der Waals surface area (Å²) in [6.07, 6.45) is 4.17. The maximum atomic E-state index is 5.40. The molecule has 0 bridgehead atoms. The van der Waals surface area contributed by atoms with Gasteiger partial charge in [-0.3, -0.25) is 4.99 Å². The SMILES string of the molecule is CN=C(NCCc1ccc(C)c(OC)c1)NCc1cccc(Cn2cncn2)c1.I. The Bertz CT molecular complexity index is 943. The van der Waals surface area contributed by atoms with Crippen molar-refractivity contribution >= 4 is 29.9 Å². The van der Waals surface area contributed by atoms with Crippen molar-refractivity contribution in [2.24, 2.45) is 4.99 Å². The number of aromatic nitrogens is 3. The van der Waals surface area contributed by atoms with Gasteiger partial charge in [0.1, 0.15) is 18.4 Å². The van der Waals surface area contributed by atoms with Crippen LogP contribution in [-0.2, 0) is 19.5 Å². The van der Waals surface area contributed by atoms with Crippen LogP contribution >= 0.6 is 24.0 Å². The summed E-state index contributed by atoms with van der Waals surface area (Å²) in [4.78, 5) is 8.30. The molecule has 30 heavy (non-hydrogen) atoms. The van der Waals surface area contributed by atoms with E-state index in [0.717, 1.165) is 30.2 Å². The normalized spacial score (nSPS) is 11.0. The van der Waals surface area contributed by atoms with Crippen LogP contribution in [0, 0.1) is 6.92 Å². The third kappa shape index (κ3) is 7.01. The summed E-state index contributed by atoms with van der Waals surface area (Å²) in [7, 11) is 3.49. The zero-order chi connectivity index (χ0) is 20.5. The van der Waals surface area contributed by atoms with Gasteiger partial charge in [0.25, 0.3) is 0 Å². The molecule has 0 unspecified atom stereocenters. The molecule has 0 atom stereocenters. The Kier molecular flexibility index (Phi) is 9.59.